The van der Waals surface area contributed by atoms with Gasteiger partial charge in [0.05, 0.1) is 19.6 Å². The predicted molar refractivity (Wildman–Crippen MR) is 87.3 cm³/mol. The maximum atomic E-state index is 6.17. The Morgan fingerprint density at radius 1 is 1.16 bits per heavy atom. The lowest BCUT2D eigenvalue weighted by molar-refractivity contribution is 0.242. The third-order valence-electron chi connectivity index (χ3n) is 2.50. The lowest BCUT2D eigenvalue weighted by atomic mass is 10.1. The first-order valence-corrected chi connectivity index (χ1v) is 8.31. The van der Waals surface area contributed by atoms with Crippen LogP contribution in [0.3, 0.4) is 0 Å². The van der Waals surface area contributed by atoms with E-state index in [1.165, 1.54) is 11.3 Å². The van der Waals surface area contributed by atoms with Crippen molar-refractivity contribution in [2.24, 2.45) is 0 Å². The Balaban J connectivity index is 2.20. The van der Waals surface area contributed by atoms with Crippen molar-refractivity contribution in [2.75, 3.05) is 0 Å². The minimum absolute atomic E-state index is 0.0387. The number of ether oxygens (including phenoxy) is 1. The van der Waals surface area contributed by atoms with E-state index in [2.05, 4.69) is 15.9 Å². The van der Waals surface area contributed by atoms with Crippen LogP contribution in [0.5, 0.6) is 5.75 Å². The van der Waals surface area contributed by atoms with E-state index in [0.29, 0.717) is 4.34 Å². The maximum absolute atomic E-state index is 6.17. The highest BCUT2D eigenvalue weighted by Gasteiger charge is 2.16. The molecule has 2 rings (SSSR count). The Kier molecular flexibility index (Phi) is 5.18. The number of halogens is 3. The lowest BCUT2D eigenvalue weighted by Crippen LogP contribution is -2.05. The molecule has 0 radical (unpaired) electrons. The molecule has 0 saturated heterocycles. The number of rotatable bonds is 4. The van der Waals surface area contributed by atoms with Crippen molar-refractivity contribution in [1.82, 2.24) is 0 Å². The van der Waals surface area contributed by atoms with Gasteiger partial charge in [-0.2, -0.15) is 0 Å². The van der Waals surface area contributed by atoms with E-state index in [4.69, 9.17) is 27.9 Å². The summed E-state index contributed by atoms with van der Waals surface area (Å²) in [5, 5.41) is 0. The molecule has 0 fully saturated rings. The second kappa shape index (κ2) is 6.49. The smallest absolute Gasteiger partial charge is 0.119 e. The van der Waals surface area contributed by atoms with Gasteiger partial charge in [0.1, 0.15) is 5.75 Å². The molecule has 0 bridgehead atoms. The predicted octanol–water partition coefficient (Wildman–Crippen LogP) is 6.33. The Morgan fingerprint density at radius 3 is 2.26 bits per heavy atom. The molecule has 5 heteroatoms. The highest BCUT2D eigenvalue weighted by atomic mass is 79.9. The zero-order valence-electron chi connectivity index (χ0n) is 10.5. The molecule has 0 aliphatic carbocycles. The first-order valence-electron chi connectivity index (χ1n) is 5.83. The van der Waals surface area contributed by atoms with Gasteiger partial charge in [0.15, 0.2) is 0 Å². The summed E-state index contributed by atoms with van der Waals surface area (Å²) in [5.74, 6) is 0.868. The minimum atomic E-state index is 0.0387. The van der Waals surface area contributed by atoms with Crippen molar-refractivity contribution in [3.05, 3.63) is 50.1 Å². The number of hydrogen-bond acceptors (Lipinski definition) is 2. The average Bonchev–Trinajstić information content (AvgIpc) is 2.68. The van der Waals surface area contributed by atoms with E-state index >= 15 is 0 Å². The average molecular weight is 380 g/mol. The van der Waals surface area contributed by atoms with Gasteiger partial charge in [-0.3, -0.25) is 0 Å². The topological polar surface area (TPSA) is 9.23 Å². The zero-order valence-corrected chi connectivity index (χ0v) is 14.4. The molecule has 19 heavy (non-hydrogen) atoms. The van der Waals surface area contributed by atoms with E-state index in [1.807, 2.05) is 44.2 Å². The summed E-state index contributed by atoms with van der Waals surface area (Å²) < 4.78 is 7.04. The molecule has 2 aromatic rings. The summed E-state index contributed by atoms with van der Waals surface area (Å²) in [4.78, 5) is 0.0387. The fourth-order valence-corrected chi connectivity index (χ4v) is 4.17. The number of thiophene rings is 1. The van der Waals surface area contributed by atoms with Crippen molar-refractivity contribution in [1.29, 1.82) is 0 Å². The van der Waals surface area contributed by atoms with Gasteiger partial charge in [0.25, 0.3) is 0 Å². The van der Waals surface area contributed by atoms with Gasteiger partial charge < -0.3 is 4.74 Å². The van der Waals surface area contributed by atoms with E-state index in [1.54, 1.807) is 0 Å². The largest absolute Gasteiger partial charge is 0.491 e. The molecule has 1 aromatic carbocycles. The number of hydrogen-bond donors (Lipinski definition) is 0. The summed E-state index contributed by atoms with van der Waals surface area (Å²) in [6.07, 6.45) is 0.177. The van der Waals surface area contributed by atoms with Crippen molar-refractivity contribution in [3.8, 4) is 5.75 Å². The molecular formula is C14H13BrCl2OS. The molecule has 0 aliphatic heterocycles. The molecule has 102 valence electrons. The second-order valence-electron chi connectivity index (χ2n) is 4.38. The molecular weight excluding hydrogens is 367 g/mol. The normalized spacial score (nSPS) is 12.7. The number of alkyl halides is 1. The number of benzene rings is 1. The molecule has 1 nitrogen and oxygen atoms in total. The minimum Gasteiger partial charge on any atom is -0.491 e. The SMILES string of the molecule is CC(C)Oc1ccc(C(Br)c2cc(Cl)sc2Cl)cc1. The van der Waals surface area contributed by atoms with Crippen LogP contribution in [0.2, 0.25) is 8.67 Å². The van der Waals surface area contributed by atoms with E-state index in [-0.39, 0.29) is 10.9 Å². The molecule has 0 aliphatic rings. The van der Waals surface area contributed by atoms with Gasteiger partial charge in [0.2, 0.25) is 0 Å². The Labute approximate surface area is 135 Å². The molecule has 1 unspecified atom stereocenters. The van der Waals surface area contributed by atoms with E-state index < -0.39 is 0 Å². The van der Waals surface area contributed by atoms with Gasteiger partial charge in [0, 0.05) is 5.56 Å². The van der Waals surface area contributed by atoms with E-state index in [0.717, 1.165) is 21.2 Å². The van der Waals surface area contributed by atoms with Gasteiger partial charge in [-0.05, 0) is 37.6 Å². The summed E-state index contributed by atoms with van der Waals surface area (Å²) in [6, 6.07) is 9.88. The quantitative estimate of drug-likeness (QED) is 0.564. The van der Waals surface area contributed by atoms with Crippen LogP contribution < -0.4 is 4.74 Å². The van der Waals surface area contributed by atoms with Gasteiger partial charge in [-0.1, -0.05) is 51.3 Å². The van der Waals surface area contributed by atoms with E-state index in [9.17, 15) is 0 Å². The van der Waals surface area contributed by atoms with Gasteiger partial charge >= 0.3 is 0 Å². The van der Waals surface area contributed by atoms with Crippen molar-refractivity contribution >= 4 is 50.5 Å². The first kappa shape index (κ1) is 15.2. The lowest BCUT2D eigenvalue weighted by Gasteiger charge is -2.12. The monoisotopic (exact) mass is 378 g/mol. The molecule has 1 atom stereocenters. The fraction of sp³-hybridized carbons (Fsp3) is 0.286. The fourth-order valence-electron chi connectivity index (χ4n) is 1.69. The zero-order chi connectivity index (χ0) is 14.0. The highest BCUT2D eigenvalue weighted by molar-refractivity contribution is 9.09. The van der Waals surface area contributed by atoms with Crippen molar-refractivity contribution in [3.63, 3.8) is 0 Å². The molecule has 1 heterocycles. The van der Waals surface area contributed by atoms with Crippen LogP contribution in [0.1, 0.15) is 29.8 Å². The Hall–Kier alpha value is -0.220. The summed E-state index contributed by atoms with van der Waals surface area (Å²) >= 11 is 17.2. The van der Waals surface area contributed by atoms with Crippen LogP contribution in [0, 0.1) is 0 Å². The third kappa shape index (κ3) is 3.88. The highest BCUT2D eigenvalue weighted by Crippen LogP contribution is 2.41. The molecule has 0 saturated carbocycles. The Bertz CT molecular complexity index is 551. The van der Waals surface area contributed by atoms with Crippen LogP contribution in [0.25, 0.3) is 0 Å². The van der Waals surface area contributed by atoms with Crippen molar-refractivity contribution in [2.45, 2.75) is 24.8 Å². The summed E-state index contributed by atoms with van der Waals surface area (Å²) in [5.41, 5.74) is 2.11. The molecule has 0 N–H and O–H groups in total. The standard InChI is InChI=1S/C14H13BrCl2OS/c1-8(2)18-10-5-3-9(4-6-10)13(15)11-7-12(16)19-14(11)17/h3-8,13H,1-2H3. The van der Waals surface area contributed by atoms with Crippen LogP contribution in [-0.4, -0.2) is 6.10 Å². The van der Waals surface area contributed by atoms with Crippen LogP contribution >= 0.6 is 50.5 Å². The van der Waals surface area contributed by atoms with Gasteiger partial charge in [-0.15, -0.1) is 11.3 Å². The van der Waals surface area contributed by atoms with Crippen LogP contribution in [0.4, 0.5) is 0 Å². The first-order chi connectivity index (χ1) is 8.97. The summed E-state index contributed by atoms with van der Waals surface area (Å²) in [6.45, 7) is 4.02. The molecule has 0 spiro atoms. The Morgan fingerprint density at radius 2 is 1.79 bits per heavy atom. The second-order valence-corrected chi connectivity index (χ2v) is 7.58. The maximum Gasteiger partial charge on any atom is 0.119 e. The van der Waals surface area contributed by atoms with Crippen molar-refractivity contribution < 1.29 is 4.74 Å². The van der Waals surface area contributed by atoms with Crippen LogP contribution in [-0.2, 0) is 0 Å². The molecule has 1 aromatic heterocycles. The van der Waals surface area contributed by atoms with Gasteiger partial charge in [-0.25, -0.2) is 0 Å². The third-order valence-corrected chi connectivity index (χ3v) is 5.04. The van der Waals surface area contributed by atoms with Crippen LogP contribution in [0.15, 0.2) is 30.3 Å². The summed E-state index contributed by atoms with van der Waals surface area (Å²) in [7, 11) is 0. The molecule has 0 amide bonds.